The molecule has 1 aromatic carbocycles. The summed E-state index contributed by atoms with van der Waals surface area (Å²) < 4.78 is 12.6. The molecule has 4 aliphatic rings. The van der Waals surface area contributed by atoms with Crippen LogP contribution in [0.4, 0.5) is 0 Å². The Morgan fingerprint density at radius 2 is 1.71 bits per heavy atom. The summed E-state index contributed by atoms with van der Waals surface area (Å²) in [5.41, 5.74) is 3.13. The van der Waals surface area contributed by atoms with Gasteiger partial charge < -0.3 is 9.16 Å². The quantitative estimate of drug-likeness (QED) is 0.399. The molecule has 0 heterocycles. The number of hydrogen-bond donors (Lipinski definition) is 0. The zero-order valence-electron chi connectivity index (χ0n) is 23.0. The maximum Gasteiger partial charge on any atom is 0.192 e. The van der Waals surface area contributed by atoms with E-state index in [0.29, 0.717) is 41.5 Å². The number of carbonyl (C=O) groups excluding carboxylic acids is 1. The number of rotatable bonds is 4. The first-order valence-electron chi connectivity index (χ1n) is 14.0. The number of hydrogen-bond acceptors (Lipinski definition) is 3. The second-order valence-electron chi connectivity index (χ2n) is 13.8. The monoisotopic (exact) mass is 494 g/mol. The van der Waals surface area contributed by atoms with Gasteiger partial charge in [0.1, 0.15) is 5.75 Å². The predicted molar refractivity (Wildman–Crippen MR) is 145 cm³/mol. The normalized spacial score (nSPS) is 37.2. The molecule has 192 valence electrons. The van der Waals surface area contributed by atoms with Crippen molar-refractivity contribution in [1.29, 1.82) is 0 Å². The topological polar surface area (TPSA) is 35.5 Å². The second-order valence-corrected chi connectivity index (χ2v) is 18.5. The molecule has 5 rings (SSSR count). The van der Waals surface area contributed by atoms with Crippen LogP contribution in [0.3, 0.4) is 0 Å². The van der Waals surface area contributed by atoms with Crippen LogP contribution in [-0.2, 0) is 9.22 Å². The number of allylic oxidation sites excluding steroid dienone is 1. The Labute approximate surface area is 214 Å². The van der Waals surface area contributed by atoms with Gasteiger partial charge in [-0.25, -0.2) is 0 Å². The number of carbonyl (C=O) groups is 1. The van der Waals surface area contributed by atoms with Crippen LogP contribution in [0, 0.1) is 29.1 Å². The SMILES string of the molecule is COc1ccc([C@@H]2CC3=CC(=O)CC[C@@H]3[C@H]3CC[C@]4(C)[C@@H](O[Si](C)(C)C(C)(C)C)CC[C@H]4[C@@H]32)cc1. The molecule has 4 aliphatic carbocycles. The Bertz CT molecular complexity index is 987. The van der Waals surface area contributed by atoms with Gasteiger partial charge in [-0.3, -0.25) is 4.79 Å². The third-order valence-corrected chi connectivity index (χ3v) is 15.5. The lowest BCUT2D eigenvalue weighted by atomic mass is 9.48. The van der Waals surface area contributed by atoms with E-state index in [2.05, 4.69) is 65.1 Å². The molecule has 3 fully saturated rings. The first kappa shape index (κ1) is 25.3. The molecule has 3 nitrogen and oxygen atoms in total. The molecule has 35 heavy (non-hydrogen) atoms. The van der Waals surface area contributed by atoms with E-state index in [1.165, 1.54) is 36.8 Å². The van der Waals surface area contributed by atoms with Crippen molar-refractivity contribution < 1.29 is 14.0 Å². The van der Waals surface area contributed by atoms with Crippen molar-refractivity contribution in [2.24, 2.45) is 29.1 Å². The molecule has 0 aromatic heterocycles. The van der Waals surface area contributed by atoms with Crippen molar-refractivity contribution in [3.8, 4) is 5.75 Å². The highest BCUT2D eigenvalue weighted by molar-refractivity contribution is 6.74. The lowest BCUT2D eigenvalue weighted by Gasteiger charge is -2.57. The van der Waals surface area contributed by atoms with E-state index in [-0.39, 0.29) is 10.5 Å². The molecule has 4 heteroatoms. The summed E-state index contributed by atoms with van der Waals surface area (Å²) in [7, 11) is -0.0861. The minimum Gasteiger partial charge on any atom is -0.497 e. The van der Waals surface area contributed by atoms with Crippen molar-refractivity contribution in [2.75, 3.05) is 7.11 Å². The summed E-state index contributed by atoms with van der Waals surface area (Å²) in [4.78, 5) is 12.4. The van der Waals surface area contributed by atoms with Crippen molar-refractivity contribution in [3.63, 3.8) is 0 Å². The molecule has 0 bridgehead atoms. The minimum absolute atomic E-state index is 0.240. The first-order chi connectivity index (χ1) is 16.4. The Morgan fingerprint density at radius 1 is 1.00 bits per heavy atom. The third-order valence-electron chi connectivity index (χ3n) is 11.0. The summed E-state index contributed by atoms with van der Waals surface area (Å²) in [5, 5.41) is 0.240. The molecule has 0 radical (unpaired) electrons. The summed E-state index contributed by atoms with van der Waals surface area (Å²) in [6.45, 7) is 14.5. The van der Waals surface area contributed by atoms with Crippen LogP contribution in [0.15, 0.2) is 35.9 Å². The van der Waals surface area contributed by atoms with Gasteiger partial charge in [-0.05, 0) is 115 Å². The van der Waals surface area contributed by atoms with Crippen LogP contribution in [0.2, 0.25) is 18.1 Å². The van der Waals surface area contributed by atoms with Gasteiger partial charge in [-0.2, -0.15) is 0 Å². The lowest BCUT2D eigenvalue weighted by molar-refractivity contribution is -0.116. The molecule has 0 unspecified atom stereocenters. The second kappa shape index (κ2) is 8.87. The highest BCUT2D eigenvalue weighted by Gasteiger charge is 2.60. The Morgan fingerprint density at radius 3 is 2.37 bits per heavy atom. The van der Waals surface area contributed by atoms with Gasteiger partial charge in [0.25, 0.3) is 0 Å². The van der Waals surface area contributed by atoms with Gasteiger partial charge in [0.05, 0.1) is 13.2 Å². The van der Waals surface area contributed by atoms with E-state index in [0.717, 1.165) is 25.0 Å². The standard InChI is InChI=1S/C31H46O3Si/c1-30(2,3)35(6,7)34-28-15-14-27-29-25(16-17-31(27,28)4)24-13-10-22(32)18-21(24)19-26(29)20-8-11-23(33-5)12-9-20/h8-9,11-12,18,24-29H,10,13-17,19H2,1-7H3/t24-,25+,26-,27-,28-,29-,31-/m0/s1. The van der Waals surface area contributed by atoms with Crippen LogP contribution < -0.4 is 4.74 Å². The molecule has 0 N–H and O–H groups in total. The molecule has 3 saturated carbocycles. The zero-order valence-corrected chi connectivity index (χ0v) is 24.0. The van der Waals surface area contributed by atoms with Gasteiger partial charge in [-0.15, -0.1) is 0 Å². The fourth-order valence-electron chi connectivity index (χ4n) is 8.10. The summed E-state index contributed by atoms with van der Waals surface area (Å²) >= 11 is 0. The summed E-state index contributed by atoms with van der Waals surface area (Å²) in [6, 6.07) is 8.82. The van der Waals surface area contributed by atoms with Crippen LogP contribution in [0.5, 0.6) is 5.75 Å². The minimum atomic E-state index is -1.82. The highest BCUT2D eigenvalue weighted by atomic mass is 28.4. The lowest BCUT2D eigenvalue weighted by Crippen LogP contribution is -2.53. The van der Waals surface area contributed by atoms with Crippen molar-refractivity contribution in [3.05, 3.63) is 41.5 Å². The Balaban J connectivity index is 1.50. The fraction of sp³-hybridized carbons (Fsp3) is 0.710. The molecule has 0 amide bonds. The van der Waals surface area contributed by atoms with Crippen LogP contribution in [0.25, 0.3) is 0 Å². The van der Waals surface area contributed by atoms with Gasteiger partial charge in [0.15, 0.2) is 14.1 Å². The molecular formula is C31H46O3Si. The largest absolute Gasteiger partial charge is 0.497 e. The molecule has 0 aliphatic heterocycles. The van der Waals surface area contributed by atoms with Gasteiger partial charge in [0.2, 0.25) is 0 Å². The molecule has 1 aromatic rings. The Hall–Kier alpha value is -1.39. The third kappa shape index (κ3) is 4.27. The zero-order chi connectivity index (χ0) is 25.2. The van der Waals surface area contributed by atoms with Gasteiger partial charge in [-0.1, -0.05) is 45.4 Å². The van der Waals surface area contributed by atoms with E-state index in [1.807, 2.05) is 6.08 Å². The average Bonchev–Trinajstić information content (AvgIpc) is 3.13. The number of fused-ring (bicyclic) bond motifs is 5. The molecular weight excluding hydrogens is 448 g/mol. The average molecular weight is 495 g/mol. The van der Waals surface area contributed by atoms with E-state index in [4.69, 9.17) is 9.16 Å². The van der Waals surface area contributed by atoms with Crippen molar-refractivity contribution in [1.82, 2.24) is 0 Å². The van der Waals surface area contributed by atoms with E-state index in [1.54, 1.807) is 7.11 Å². The van der Waals surface area contributed by atoms with E-state index < -0.39 is 8.32 Å². The van der Waals surface area contributed by atoms with Crippen LogP contribution in [-0.4, -0.2) is 27.3 Å². The number of methoxy groups -OCH3 is 1. The van der Waals surface area contributed by atoms with Crippen molar-refractivity contribution >= 4 is 14.1 Å². The first-order valence-corrected chi connectivity index (χ1v) is 16.9. The maximum atomic E-state index is 12.4. The highest BCUT2D eigenvalue weighted by Crippen LogP contribution is 2.66. The summed E-state index contributed by atoms with van der Waals surface area (Å²) in [6.07, 6.45) is 10.3. The smallest absolute Gasteiger partial charge is 0.192 e. The van der Waals surface area contributed by atoms with Crippen LogP contribution >= 0.6 is 0 Å². The molecule has 0 saturated heterocycles. The number of ketones is 1. The van der Waals surface area contributed by atoms with Gasteiger partial charge >= 0.3 is 0 Å². The van der Waals surface area contributed by atoms with E-state index >= 15 is 0 Å². The van der Waals surface area contributed by atoms with Crippen molar-refractivity contribution in [2.45, 2.75) is 103 Å². The van der Waals surface area contributed by atoms with Crippen LogP contribution in [0.1, 0.15) is 84.1 Å². The number of benzene rings is 1. The van der Waals surface area contributed by atoms with Gasteiger partial charge in [0, 0.05) is 6.42 Å². The molecule has 7 atom stereocenters. The fourth-order valence-corrected chi connectivity index (χ4v) is 9.55. The predicted octanol–water partition coefficient (Wildman–Crippen LogP) is 7.92. The number of ether oxygens (including phenoxy) is 1. The molecule has 0 spiro atoms. The maximum absolute atomic E-state index is 12.4. The summed E-state index contributed by atoms with van der Waals surface area (Å²) in [5.74, 6) is 4.41. The Kier molecular flexibility index (Phi) is 6.40. The van der Waals surface area contributed by atoms with E-state index in [9.17, 15) is 4.79 Å².